The lowest BCUT2D eigenvalue weighted by Crippen LogP contribution is -2.33. The van der Waals surface area contributed by atoms with Crippen LogP contribution < -0.4 is 10.2 Å². The summed E-state index contributed by atoms with van der Waals surface area (Å²) >= 11 is 0. The number of para-hydroxylation sites is 1. The molecule has 0 atom stereocenters. The summed E-state index contributed by atoms with van der Waals surface area (Å²) < 4.78 is 27.7. The molecule has 0 aliphatic carbocycles. The minimum atomic E-state index is -0.872. The van der Waals surface area contributed by atoms with Crippen LogP contribution in [0.5, 0.6) is 0 Å². The number of hydrogen-bond donors (Lipinski definition) is 1. The standard InChI is InChI=1S/C18H15F2N3O2/c1-12(24)23(18-15(19)3-2-4-16(18)20)10-9-17(25)22-14-7-5-13(11-21)6-8-14/h2-8H,9-10H2,1H3,(H,22,25). The van der Waals surface area contributed by atoms with Gasteiger partial charge < -0.3 is 10.2 Å². The van der Waals surface area contributed by atoms with Gasteiger partial charge in [0.15, 0.2) is 0 Å². The van der Waals surface area contributed by atoms with E-state index in [-0.39, 0.29) is 13.0 Å². The van der Waals surface area contributed by atoms with Crippen LogP contribution in [0.3, 0.4) is 0 Å². The summed E-state index contributed by atoms with van der Waals surface area (Å²) in [6.07, 6.45) is -0.145. The fourth-order valence-corrected chi connectivity index (χ4v) is 2.24. The van der Waals surface area contributed by atoms with Gasteiger partial charge in [0.1, 0.15) is 17.3 Å². The molecular formula is C18H15F2N3O2. The normalized spacial score (nSPS) is 10.0. The zero-order valence-electron chi connectivity index (χ0n) is 13.4. The zero-order chi connectivity index (χ0) is 18.4. The maximum Gasteiger partial charge on any atom is 0.226 e. The van der Waals surface area contributed by atoms with Gasteiger partial charge in [-0.2, -0.15) is 5.26 Å². The van der Waals surface area contributed by atoms with E-state index in [4.69, 9.17) is 5.26 Å². The quantitative estimate of drug-likeness (QED) is 0.906. The van der Waals surface area contributed by atoms with Crippen molar-refractivity contribution in [3.8, 4) is 6.07 Å². The third-order valence-electron chi connectivity index (χ3n) is 3.45. The van der Waals surface area contributed by atoms with Crippen LogP contribution in [0.25, 0.3) is 0 Å². The van der Waals surface area contributed by atoms with Gasteiger partial charge in [-0.05, 0) is 36.4 Å². The topological polar surface area (TPSA) is 73.2 Å². The van der Waals surface area contributed by atoms with E-state index in [0.717, 1.165) is 17.0 Å². The maximum absolute atomic E-state index is 13.8. The van der Waals surface area contributed by atoms with E-state index >= 15 is 0 Å². The molecule has 0 aromatic heterocycles. The first kappa shape index (κ1) is 18.1. The molecule has 128 valence electrons. The van der Waals surface area contributed by atoms with Crippen molar-refractivity contribution in [1.82, 2.24) is 0 Å². The summed E-state index contributed by atoms with van der Waals surface area (Å²) in [5.74, 6) is -2.74. The molecule has 0 radical (unpaired) electrons. The third-order valence-corrected chi connectivity index (χ3v) is 3.45. The van der Waals surface area contributed by atoms with Crippen molar-refractivity contribution in [3.05, 3.63) is 59.7 Å². The van der Waals surface area contributed by atoms with Crippen LogP contribution in [-0.2, 0) is 9.59 Å². The van der Waals surface area contributed by atoms with E-state index in [1.165, 1.54) is 13.0 Å². The number of anilines is 2. The SMILES string of the molecule is CC(=O)N(CCC(=O)Nc1ccc(C#N)cc1)c1c(F)cccc1F. The summed E-state index contributed by atoms with van der Waals surface area (Å²) in [4.78, 5) is 24.6. The molecule has 2 rings (SSSR count). The largest absolute Gasteiger partial charge is 0.326 e. The molecule has 0 saturated carbocycles. The van der Waals surface area contributed by atoms with Crippen molar-refractivity contribution < 1.29 is 18.4 Å². The van der Waals surface area contributed by atoms with E-state index in [9.17, 15) is 18.4 Å². The molecular weight excluding hydrogens is 328 g/mol. The number of rotatable bonds is 5. The van der Waals surface area contributed by atoms with Crippen LogP contribution in [0, 0.1) is 23.0 Å². The summed E-state index contributed by atoms with van der Waals surface area (Å²) in [6, 6.07) is 11.5. The average molecular weight is 343 g/mol. The highest BCUT2D eigenvalue weighted by molar-refractivity contribution is 5.95. The van der Waals surface area contributed by atoms with Gasteiger partial charge in [-0.25, -0.2) is 8.78 Å². The minimum absolute atomic E-state index is 0.145. The van der Waals surface area contributed by atoms with Crippen LogP contribution in [0.1, 0.15) is 18.9 Å². The van der Waals surface area contributed by atoms with E-state index < -0.39 is 29.1 Å². The number of carbonyl (C=O) groups excluding carboxylic acids is 2. The Hall–Kier alpha value is -3.27. The monoisotopic (exact) mass is 343 g/mol. The Morgan fingerprint density at radius 3 is 2.24 bits per heavy atom. The van der Waals surface area contributed by atoms with Gasteiger partial charge in [0.2, 0.25) is 11.8 Å². The molecule has 0 bridgehead atoms. The molecule has 0 unspecified atom stereocenters. The molecule has 2 aromatic rings. The zero-order valence-corrected chi connectivity index (χ0v) is 13.4. The van der Waals surface area contributed by atoms with Crippen LogP contribution >= 0.6 is 0 Å². The smallest absolute Gasteiger partial charge is 0.226 e. The number of nitrogens with one attached hydrogen (secondary N) is 1. The van der Waals surface area contributed by atoms with Gasteiger partial charge in [-0.1, -0.05) is 6.07 Å². The first-order valence-electron chi connectivity index (χ1n) is 7.44. The molecule has 0 aliphatic rings. The number of hydrogen-bond acceptors (Lipinski definition) is 3. The molecule has 0 heterocycles. The molecule has 7 heteroatoms. The summed E-state index contributed by atoms with van der Waals surface area (Å²) in [6.45, 7) is 1.000. The van der Waals surface area contributed by atoms with Gasteiger partial charge in [0.05, 0.1) is 11.6 Å². The Balaban J connectivity index is 2.04. The van der Waals surface area contributed by atoms with Gasteiger partial charge in [-0.3, -0.25) is 9.59 Å². The molecule has 1 N–H and O–H groups in total. The lowest BCUT2D eigenvalue weighted by molar-refractivity contribution is -0.117. The third kappa shape index (κ3) is 4.61. The molecule has 2 amide bonds. The minimum Gasteiger partial charge on any atom is -0.326 e. The highest BCUT2D eigenvalue weighted by Crippen LogP contribution is 2.23. The molecule has 25 heavy (non-hydrogen) atoms. The first-order chi connectivity index (χ1) is 11.9. The van der Waals surface area contributed by atoms with Gasteiger partial charge >= 0.3 is 0 Å². The summed E-state index contributed by atoms with van der Waals surface area (Å²) in [7, 11) is 0. The second-order valence-electron chi connectivity index (χ2n) is 5.23. The fraction of sp³-hybridized carbons (Fsp3) is 0.167. The highest BCUT2D eigenvalue weighted by Gasteiger charge is 2.20. The van der Waals surface area contributed by atoms with Gasteiger partial charge in [-0.15, -0.1) is 0 Å². The predicted molar refractivity (Wildman–Crippen MR) is 88.8 cm³/mol. The van der Waals surface area contributed by atoms with E-state index in [1.54, 1.807) is 24.3 Å². The first-order valence-corrected chi connectivity index (χ1v) is 7.44. The van der Waals surface area contributed by atoms with Crippen molar-refractivity contribution >= 4 is 23.2 Å². The maximum atomic E-state index is 13.8. The second kappa shape index (κ2) is 8.02. The van der Waals surface area contributed by atoms with Crippen molar-refractivity contribution in [2.24, 2.45) is 0 Å². The number of nitriles is 1. The highest BCUT2D eigenvalue weighted by atomic mass is 19.1. The van der Waals surface area contributed by atoms with Crippen LogP contribution in [-0.4, -0.2) is 18.4 Å². The number of nitrogens with zero attached hydrogens (tertiary/aromatic N) is 2. The lowest BCUT2D eigenvalue weighted by atomic mass is 10.2. The molecule has 5 nitrogen and oxygen atoms in total. The Kier molecular flexibility index (Phi) is 5.79. The Bertz CT molecular complexity index is 809. The summed E-state index contributed by atoms with van der Waals surface area (Å²) in [5, 5.41) is 11.3. The van der Waals surface area contributed by atoms with Crippen molar-refractivity contribution in [3.63, 3.8) is 0 Å². The number of amides is 2. The Labute approximate surface area is 143 Å². The molecule has 0 saturated heterocycles. The van der Waals surface area contributed by atoms with Crippen molar-refractivity contribution in [2.75, 3.05) is 16.8 Å². The number of carbonyl (C=O) groups is 2. The van der Waals surface area contributed by atoms with Crippen molar-refractivity contribution in [2.45, 2.75) is 13.3 Å². The van der Waals surface area contributed by atoms with Crippen LogP contribution in [0.2, 0.25) is 0 Å². The lowest BCUT2D eigenvalue weighted by Gasteiger charge is -2.22. The van der Waals surface area contributed by atoms with E-state index in [1.807, 2.05) is 6.07 Å². The summed E-state index contributed by atoms with van der Waals surface area (Å²) in [5.41, 5.74) is 0.465. The van der Waals surface area contributed by atoms with E-state index in [0.29, 0.717) is 11.3 Å². The molecule has 0 spiro atoms. The van der Waals surface area contributed by atoms with Crippen LogP contribution in [0.15, 0.2) is 42.5 Å². The molecule has 0 aliphatic heterocycles. The number of benzene rings is 2. The predicted octanol–water partition coefficient (Wildman–Crippen LogP) is 3.22. The Morgan fingerprint density at radius 1 is 1.12 bits per heavy atom. The van der Waals surface area contributed by atoms with E-state index in [2.05, 4.69) is 5.32 Å². The molecule has 2 aromatic carbocycles. The average Bonchev–Trinajstić information content (AvgIpc) is 2.57. The van der Waals surface area contributed by atoms with Gasteiger partial charge in [0, 0.05) is 25.6 Å². The molecule has 0 fully saturated rings. The Morgan fingerprint density at radius 2 is 1.72 bits per heavy atom. The van der Waals surface area contributed by atoms with Crippen LogP contribution in [0.4, 0.5) is 20.2 Å². The van der Waals surface area contributed by atoms with Crippen molar-refractivity contribution in [1.29, 1.82) is 5.26 Å². The fourth-order valence-electron chi connectivity index (χ4n) is 2.24. The van der Waals surface area contributed by atoms with Gasteiger partial charge in [0.25, 0.3) is 0 Å². The number of halogens is 2. The second-order valence-corrected chi connectivity index (χ2v) is 5.23.